The maximum absolute atomic E-state index is 13.9. The third-order valence-electron chi connectivity index (χ3n) is 9.25. The van der Waals surface area contributed by atoms with E-state index in [1.165, 1.54) is 13.8 Å². The average Bonchev–Trinajstić information content (AvgIpc) is 3.08. The van der Waals surface area contributed by atoms with Crippen molar-refractivity contribution in [3.63, 3.8) is 0 Å². The lowest BCUT2D eigenvalue weighted by atomic mass is 9.97. The van der Waals surface area contributed by atoms with Gasteiger partial charge in [0.1, 0.15) is 35.7 Å². The maximum Gasteiger partial charge on any atom is 0.326 e. The van der Waals surface area contributed by atoms with Crippen LogP contribution in [0.25, 0.3) is 0 Å². The minimum Gasteiger partial charge on any atom is -0.480 e. The highest BCUT2D eigenvalue weighted by Gasteiger charge is 2.37. The van der Waals surface area contributed by atoms with Crippen molar-refractivity contribution in [1.29, 1.82) is 0 Å². The van der Waals surface area contributed by atoms with E-state index in [0.717, 1.165) is 0 Å². The molecule has 9 N–H and O–H groups in total. The molecule has 0 saturated carbocycles. The van der Waals surface area contributed by atoms with Gasteiger partial charge in [-0.05, 0) is 82.5 Å². The van der Waals surface area contributed by atoms with Gasteiger partial charge in [0.25, 0.3) is 0 Å². The Bertz CT molecular complexity index is 1320. The monoisotopic (exact) mass is 812 g/mol. The molecule has 1 rings (SSSR count). The summed E-state index contributed by atoms with van der Waals surface area (Å²) in [5, 5.41) is 26.0. The average molecular weight is 812 g/mol. The zero-order valence-electron chi connectivity index (χ0n) is 36.0. The Morgan fingerprint density at radius 3 is 1.74 bits per heavy atom. The molecule has 0 unspecified atom stereocenters. The fourth-order valence-corrected chi connectivity index (χ4v) is 6.15. The second-order valence-electron chi connectivity index (χ2n) is 17.4. The second-order valence-corrected chi connectivity index (χ2v) is 17.4. The molecule has 328 valence electrons. The number of aliphatic carboxylic acids is 1. The molecule has 0 aromatic heterocycles. The van der Waals surface area contributed by atoms with Crippen LogP contribution in [0, 0.1) is 23.7 Å². The van der Waals surface area contributed by atoms with Crippen LogP contribution in [0.4, 0.5) is 0 Å². The Hall–Kier alpha value is -3.83. The summed E-state index contributed by atoms with van der Waals surface area (Å²) in [4.78, 5) is 93.6. The van der Waals surface area contributed by atoms with E-state index in [9.17, 15) is 38.7 Å². The van der Waals surface area contributed by atoms with Gasteiger partial charge in [0, 0.05) is 32.8 Å². The summed E-state index contributed by atoms with van der Waals surface area (Å²) in [5.41, 5.74) is 4.51. The summed E-state index contributed by atoms with van der Waals surface area (Å²) in [6, 6.07) is -6.44. The number of rotatable bonds is 13. The quantitative estimate of drug-likeness (QED) is 0.132. The number of carboxylic acids is 1. The first-order valence-electron chi connectivity index (χ1n) is 20.5. The summed E-state index contributed by atoms with van der Waals surface area (Å²) < 4.78 is 11.4. The van der Waals surface area contributed by atoms with Gasteiger partial charge in [0.15, 0.2) is 0 Å². The van der Waals surface area contributed by atoms with Gasteiger partial charge in [-0.3, -0.25) is 28.8 Å². The topological polar surface area (TPSA) is 256 Å². The van der Waals surface area contributed by atoms with Gasteiger partial charge in [0.05, 0.1) is 6.04 Å². The summed E-state index contributed by atoms with van der Waals surface area (Å²) in [6.45, 7) is 18.8. The highest BCUT2D eigenvalue weighted by molar-refractivity contribution is 5.98. The Balaban J connectivity index is 3.45. The smallest absolute Gasteiger partial charge is 0.326 e. The van der Waals surface area contributed by atoms with Gasteiger partial charge in [-0.25, -0.2) is 4.79 Å². The van der Waals surface area contributed by atoms with Crippen LogP contribution in [-0.2, 0) is 43.0 Å². The number of nitrogens with two attached hydrogens (primary N) is 1. The second kappa shape index (κ2) is 25.5. The minimum atomic E-state index is -1.59. The molecular weight excluding hydrogens is 738 g/mol. The first kappa shape index (κ1) is 51.2. The van der Waals surface area contributed by atoms with E-state index in [-0.39, 0.29) is 69.0 Å². The lowest BCUT2D eigenvalue weighted by Gasteiger charge is -2.31. The molecule has 6 amide bonds. The van der Waals surface area contributed by atoms with Crippen LogP contribution in [0.3, 0.4) is 0 Å². The molecule has 1 saturated heterocycles. The van der Waals surface area contributed by atoms with Crippen molar-refractivity contribution in [3.8, 4) is 0 Å². The molecule has 57 heavy (non-hydrogen) atoms. The maximum atomic E-state index is 13.9. The van der Waals surface area contributed by atoms with E-state index < -0.39 is 83.2 Å². The van der Waals surface area contributed by atoms with E-state index in [0.29, 0.717) is 32.5 Å². The van der Waals surface area contributed by atoms with E-state index in [1.54, 1.807) is 0 Å². The molecule has 17 heteroatoms. The predicted octanol–water partition coefficient (Wildman–Crippen LogP) is 1.51. The zero-order valence-corrected chi connectivity index (χ0v) is 36.0. The first-order valence-corrected chi connectivity index (χ1v) is 20.5. The van der Waals surface area contributed by atoms with Crippen LogP contribution in [0.15, 0.2) is 0 Å². The molecular formula is C40H73N7O10. The first-order chi connectivity index (χ1) is 26.5. The van der Waals surface area contributed by atoms with E-state index in [1.807, 2.05) is 55.4 Å². The number of carbonyl (C=O) groups excluding carboxylic acids is 6. The molecule has 1 aliphatic heterocycles. The van der Waals surface area contributed by atoms with E-state index >= 15 is 0 Å². The molecule has 6 atom stereocenters. The fourth-order valence-electron chi connectivity index (χ4n) is 6.15. The predicted molar refractivity (Wildman–Crippen MR) is 215 cm³/mol. The molecule has 0 aromatic rings. The number of carboxylic acid groups (broad SMARTS) is 1. The number of ether oxygens (including phenoxy) is 2. The van der Waals surface area contributed by atoms with Crippen LogP contribution < -0.4 is 37.6 Å². The summed E-state index contributed by atoms with van der Waals surface area (Å²) in [5.74, 6) is -4.99. The Kier molecular flexibility index (Phi) is 22.9. The molecule has 0 aromatic carbocycles. The number of carbonyl (C=O) groups is 7. The lowest BCUT2D eigenvalue weighted by molar-refractivity contribution is -0.143. The fraction of sp³-hybridized carbons (Fsp3) is 0.825. The SMILES string of the molecule is CC(C)C[C@@H]1NC(=O)[C@H](CC(C)C)NC(=O)C(C)(C)NC(=O)[C@@H](NC(=O)[C@H](CC(C)C)NC(=O)[C@@H](N)CC(C)C)CCOCCCCOCC[C@@H](C(=O)O)NC1=O. The molecule has 0 aliphatic carbocycles. The van der Waals surface area contributed by atoms with Crippen LogP contribution in [0.2, 0.25) is 0 Å². The van der Waals surface area contributed by atoms with Crippen molar-refractivity contribution in [2.75, 3.05) is 26.4 Å². The zero-order chi connectivity index (χ0) is 43.5. The van der Waals surface area contributed by atoms with Crippen molar-refractivity contribution in [2.24, 2.45) is 29.4 Å². The largest absolute Gasteiger partial charge is 0.480 e. The number of nitrogens with one attached hydrogen (secondary N) is 6. The van der Waals surface area contributed by atoms with Crippen molar-refractivity contribution in [2.45, 2.75) is 162 Å². The van der Waals surface area contributed by atoms with Crippen LogP contribution in [0.5, 0.6) is 0 Å². The highest BCUT2D eigenvalue weighted by Crippen LogP contribution is 2.14. The van der Waals surface area contributed by atoms with Gasteiger partial charge < -0.3 is 52.2 Å². The summed E-state index contributed by atoms with van der Waals surface area (Å²) in [6.07, 6.45) is 2.30. The minimum absolute atomic E-state index is 0.00161. The van der Waals surface area contributed by atoms with Gasteiger partial charge in [-0.15, -0.1) is 0 Å². The van der Waals surface area contributed by atoms with Crippen molar-refractivity contribution >= 4 is 41.4 Å². The Morgan fingerprint density at radius 2 is 1.23 bits per heavy atom. The number of amides is 6. The van der Waals surface area contributed by atoms with Crippen LogP contribution in [-0.4, -0.2) is 115 Å². The van der Waals surface area contributed by atoms with Crippen LogP contribution in [0.1, 0.15) is 121 Å². The van der Waals surface area contributed by atoms with Crippen molar-refractivity contribution < 1.29 is 48.1 Å². The van der Waals surface area contributed by atoms with Crippen molar-refractivity contribution in [1.82, 2.24) is 31.9 Å². The third kappa shape index (κ3) is 20.4. The highest BCUT2D eigenvalue weighted by atomic mass is 16.5. The molecule has 0 spiro atoms. The summed E-state index contributed by atoms with van der Waals surface area (Å²) >= 11 is 0. The molecule has 17 nitrogen and oxygen atoms in total. The number of hydrogen-bond acceptors (Lipinski definition) is 10. The van der Waals surface area contributed by atoms with Crippen molar-refractivity contribution in [3.05, 3.63) is 0 Å². The lowest BCUT2D eigenvalue weighted by Crippen LogP contribution is -2.63. The van der Waals surface area contributed by atoms with E-state index in [4.69, 9.17) is 15.2 Å². The third-order valence-corrected chi connectivity index (χ3v) is 9.25. The van der Waals surface area contributed by atoms with Gasteiger partial charge in [0.2, 0.25) is 35.4 Å². The Morgan fingerprint density at radius 1 is 0.719 bits per heavy atom. The molecule has 0 radical (unpaired) electrons. The number of hydrogen-bond donors (Lipinski definition) is 8. The van der Waals surface area contributed by atoms with E-state index in [2.05, 4.69) is 31.9 Å². The normalized spacial score (nSPS) is 23.8. The van der Waals surface area contributed by atoms with Gasteiger partial charge >= 0.3 is 5.97 Å². The summed E-state index contributed by atoms with van der Waals surface area (Å²) in [7, 11) is 0. The van der Waals surface area contributed by atoms with Gasteiger partial charge in [-0.2, -0.15) is 0 Å². The molecule has 1 fully saturated rings. The Labute approximate surface area is 339 Å². The molecule has 0 bridgehead atoms. The van der Waals surface area contributed by atoms with Crippen LogP contribution >= 0.6 is 0 Å². The van der Waals surface area contributed by atoms with Gasteiger partial charge in [-0.1, -0.05) is 55.4 Å². The molecule has 1 heterocycles. The molecule has 1 aliphatic rings. The standard InChI is InChI=1S/C40H73N7O10/c1-23(2)19-27(41)33(48)44-30(20-24(3)4)34(49)42-28-13-17-56-15-11-12-16-57-18-14-29(38(53)54)43-35(50)31(21-25(5)6)45-36(51)32(22-26(7)8)46-39(55)40(9,10)47-37(28)52/h23-32H,11-22,41H2,1-10H3,(H,42,49)(H,43,50)(H,44,48)(H,45,51)(H,46,55)(H,47,52)(H,53,54)/t27-,28-,29-,30-,31-,32-/m0/s1.